The van der Waals surface area contributed by atoms with Gasteiger partial charge in [0.05, 0.1) is 10.4 Å². The smallest absolute Gasteiger partial charge is 0.408 e. The van der Waals surface area contributed by atoms with Crippen molar-refractivity contribution < 1.29 is 17.6 Å². The molecule has 1 unspecified atom stereocenters. The number of aromatic nitrogens is 1. The molecular formula is C20H23N3O5S2. The summed E-state index contributed by atoms with van der Waals surface area (Å²) in [4.78, 5) is 24.4. The van der Waals surface area contributed by atoms with Crippen molar-refractivity contribution in [2.75, 3.05) is 17.3 Å². The number of benzene rings is 2. The largest absolute Gasteiger partial charge is 0.419 e. The highest BCUT2D eigenvalue weighted by Gasteiger charge is 2.26. The van der Waals surface area contributed by atoms with Gasteiger partial charge < -0.3 is 9.73 Å². The minimum atomic E-state index is -4.02. The predicted molar refractivity (Wildman–Crippen MR) is 118 cm³/mol. The SMILES string of the molecule is CSCCC(NS(=O)(=O)c1ccc2c(c1)oc(=O)n2C)C(=O)Nc1cccc(C)c1. The van der Waals surface area contributed by atoms with Crippen molar-refractivity contribution in [1.29, 1.82) is 0 Å². The van der Waals surface area contributed by atoms with Gasteiger partial charge in [0.1, 0.15) is 6.04 Å². The molecule has 0 aliphatic carbocycles. The number of carbonyl (C=O) groups is 1. The molecule has 0 aliphatic heterocycles. The fourth-order valence-corrected chi connectivity index (χ4v) is 4.68. The van der Waals surface area contributed by atoms with E-state index in [1.807, 2.05) is 31.4 Å². The maximum Gasteiger partial charge on any atom is 0.419 e. The Morgan fingerprint density at radius 2 is 2.00 bits per heavy atom. The van der Waals surface area contributed by atoms with Gasteiger partial charge in [-0.3, -0.25) is 9.36 Å². The fraction of sp³-hybridized carbons (Fsp3) is 0.300. The molecule has 0 aliphatic rings. The van der Waals surface area contributed by atoms with Crippen LogP contribution in [0.1, 0.15) is 12.0 Å². The molecule has 1 aromatic heterocycles. The van der Waals surface area contributed by atoms with E-state index in [0.29, 0.717) is 23.4 Å². The summed E-state index contributed by atoms with van der Waals surface area (Å²) < 4.78 is 34.7. The molecule has 160 valence electrons. The molecule has 0 bridgehead atoms. The van der Waals surface area contributed by atoms with Gasteiger partial charge in [-0.2, -0.15) is 16.5 Å². The quantitative estimate of drug-likeness (QED) is 0.547. The van der Waals surface area contributed by atoms with Crippen molar-refractivity contribution in [2.24, 2.45) is 7.05 Å². The topological polar surface area (TPSA) is 110 Å². The second-order valence-corrected chi connectivity index (χ2v) is 9.57. The predicted octanol–water partition coefficient (Wildman–Crippen LogP) is 2.48. The number of thioether (sulfide) groups is 1. The van der Waals surface area contributed by atoms with E-state index in [0.717, 1.165) is 5.56 Å². The van der Waals surface area contributed by atoms with Gasteiger partial charge in [0.25, 0.3) is 0 Å². The van der Waals surface area contributed by atoms with E-state index in [1.165, 1.54) is 41.6 Å². The number of amides is 1. The van der Waals surface area contributed by atoms with E-state index < -0.39 is 27.7 Å². The number of rotatable bonds is 8. The van der Waals surface area contributed by atoms with Gasteiger partial charge in [0, 0.05) is 18.8 Å². The Morgan fingerprint density at radius 1 is 1.23 bits per heavy atom. The summed E-state index contributed by atoms with van der Waals surface area (Å²) in [7, 11) is -2.49. The van der Waals surface area contributed by atoms with Crippen LogP contribution < -0.4 is 15.8 Å². The molecule has 30 heavy (non-hydrogen) atoms. The lowest BCUT2D eigenvalue weighted by atomic mass is 10.2. The molecule has 1 atom stereocenters. The Hall–Kier alpha value is -2.56. The van der Waals surface area contributed by atoms with Crippen LogP contribution in [-0.4, -0.2) is 36.9 Å². The number of hydrogen-bond donors (Lipinski definition) is 2. The summed E-state index contributed by atoms with van der Waals surface area (Å²) in [6.07, 6.45) is 2.20. The molecule has 0 radical (unpaired) electrons. The zero-order valence-electron chi connectivity index (χ0n) is 16.8. The minimum absolute atomic E-state index is 0.0816. The zero-order chi connectivity index (χ0) is 21.9. The van der Waals surface area contributed by atoms with E-state index >= 15 is 0 Å². The van der Waals surface area contributed by atoms with Crippen molar-refractivity contribution in [3.05, 3.63) is 58.6 Å². The van der Waals surface area contributed by atoms with E-state index in [4.69, 9.17) is 4.42 Å². The number of aryl methyl sites for hydroxylation is 2. The molecule has 0 saturated heterocycles. The number of fused-ring (bicyclic) bond motifs is 1. The summed E-state index contributed by atoms with van der Waals surface area (Å²) in [5, 5.41) is 2.77. The first-order valence-electron chi connectivity index (χ1n) is 9.19. The number of hydrogen-bond acceptors (Lipinski definition) is 6. The van der Waals surface area contributed by atoms with Crippen LogP contribution in [0.4, 0.5) is 5.69 Å². The summed E-state index contributed by atoms with van der Waals surface area (Å²) >= 11 is 1.52. The van der Waals surface area contributed by atoms with Gasteiger partial charge in [0.15, 0.2) is 5.58 Å². The van der Waals surface area contributed by atoms with E-state index in [-0.39, 0.29) is 10.5 Å². The molecule has 3 rings (SSSR count). The Labute approximate surface area is 178 Å². The van der Waals surface area contributed by atoms with Gasteiger partial charge >= 0.3 is 5.76 Å². The third-order valence-corrected chi connectivity index (χ3v) is 6.70. The maximum absolute atomic E-state index is 12.9. The minimum Gasteiger partial charge on any atom is -0.408 e. The van der Waals surface area contributed by atoms with Crippen LogP contribution in [0.3, 0.4) is 0 Å². The molecule has 1 heterocycles. The van der Waals surface area contributed by atoms with Gasteiger partial charge in [0.2, 0.25) is 15.9 Å². The number of sulfonamides is 1. The number of carbonyl (C=O) groups excluding carboxylic acids is 1. The number of nitrogens with zero attached hydrogens (tertiary/aromatic N) is 1. The first-order chi connectivity index (χ1) is 14.2. The molecule has 8 nitrogen and oxygen atoms in total. The summed E-state index contributed by atoms with van der Waals surface area (Å²) in [6.45, 7) is 1.90. The molecule has 0 fully saturated rings. The molecule has 2 N–H and O–H groups in total. The summed E-state index contributed by atoms with van der Waals surface area (Å²) in [6, 6.07) is 10.5. The summed E-state index contributed by atoms with van der Waals surface area (Å²) in [5.74, 6) is -0.422. The lowest BCUT2D eigenvalue weighted by Gasteiger charge is -2.18. The van der Waals surface area contributed by atoms with Crippen molar-refractivity contribution in [2.45, 2.75) is 24.3 Å². The van der Waals surface area contributed by atoms with Crippen LogP contribution in [0.5, 0.6) is 0 Å². The Morgan fingerprint density at radius 3 is 2.70 bits per heavy atom. The van der Waals surface area contributed by atoms with Crippen LogP contribution in [0.25, 0.3) is 11.1 Å². The second-order valence-electron chi connectivity index (χ2n) is 6.87. The maximum atomic E-state index is 12.9. The Kier molecular flexibility index (Phi) is 6.69. The Balaban J connectivity index is 1.85. The number of oxazole rings is 1. The lowest BCUT2D eigenvalue weighted by molar-refractivity contribution is -0.117. The van der Waals surface area contributed by atoms with Crippen molar-refractivity contribution in [3.63, 3.8) is 0 Å². The fourth-order valence-electron chi connectivity index (χ4n) is 2.97. The van der Waals surface area contributed by atoms with Gasteiger partial charge in [-0.05, 0) is 55.2 Å². The normalized spacial score (nSPS) is 12.8. The van der Waals surface area contributed by atoms with Gasteiger partial charge in [-0.1, -0.05) is 12.1 Å². The molecule has 1 amide bonds. The van der Waals surface area contributed by atoms with Crippen LogP contribution in [-0.2, 0) is 21.9 Å². The van der Waals surface area contributed by atoms with E-state index in [2.05, 4.69) is 10.0 Å². The molecule has 10 heteroatoms. The van der Waals surface area contributed by atoms with Crippen LogP contribution in [0.2, 0.25) is 0 Å². The summed E-state index contributed by atoms with van der Waals surface area (Å²) in [5.41, 5.74) is 2.22. The van der Waals surface area contributed by atoms with Crippen LogP contribution >= 0.6 is 11.8 Å². The van der Waals surface area contributed by atoms with E-state index in [1.54, 1.807) is 6.07 Å². The van der Waals surface area contributed by atoms with Gasteiger partial charge in [-0.25, -0.2) is 13.2 Å². The molecular weight excluding hydrogens is 426 g/mol. The third-order valence-electron chi connectivity index (χ3n) is 4.58. The highest BCUT2D eigenvalue weighted by molar-refractivity contribution is 7.98. The van der Waals surface area contributed by atoms with Gasteiger partial charge in [-0.15, -0.1) is 0 Å². The highest BCUT2D eigenvalue weighted by atomic mass is 32.2. The van der Waals surface area contributed by atoms with E-state index in [9.17, 15) is 18.0 Å². The average molecular weight is 450 g/mol. The van der Waals surface area contributed by atoms with Crippen molar-refractivity contribution >= 4 is 44.5 Å². The first kappa shape index (κ1) is 22.1. The lowest BCUT2D eigenvalue weighted by Crippen LogP contribution is -2.44. The number of nitrogens with one attached hydrogen (secondary N) is 2. The third kappa shape index (κ3) is 4.94. The molecule has 3 aromatic rings. The second kappa shape index (κ2) is 9.07. The highest BCUT2D eigenvalue weighted by Crippen LogP contribution is 2.19. The average Bonchev–Trinajstić information content (AvgIpc) is 2.98. The van der Waals surface area contributed by atoms with Crippen LogP contribution in [0, 0.1) is 6.92 Å². The molecule has 0 spiro atoms. The first-order valence-corrected chi connectivity index (χ1v) is 12.1. The van der Waals surface area contributed by atoms with Crippen molar-refractivity contribution in [1.82, 2.24) is 9.29 Å². The monoisotopic (exact) mass is 449 g/mol. The zero-order valence-corrected chi connectivity index (χ0v) is 18.5. The van der Waals surface area contributed by atoms with Crippen LogP contribution in [0.15, 0.2) is 56.6 Å². The Bertz CT molecular complexity index is 1230. The molecule has 0 saturated carbocycles. The van der Waals surface area contributed by atoms with Crippen molar-refractivity contribution in [3.8, 4) is 0 Å². The standard InChI is InChI=1S/C20H23N3O5S2/c1-13-5-4-6-14(11-13)21-19(24)16(9-10-29-3)22-30(26,27)15-7-8-17-18(12-15)28-20(25)23(17)2/h4-8,11-12,16,22H,9-10H2,1-3H3,(H,21,24). The number of anilines is 1. The molecule has 2 aromatic carbocycles.